The van der Waals surface area contributed by atoms with Crippen LogP contribution in [0.3, 0.4) is 0 Å². The topological polar surface area (TPSA) is 70.8 Å². The minimum atomic E-state index is -4.48. The van der Waals surface area contributed by atoms with Crippen molar-refractivity contribution in [3.63, 3.8) is 0 Å². The summed E-state index contributed by atoms with van der Waals surface area (Å²) in [6, 6.07) is 4.58. The SMILES string of the molecule is CN1CCN(C=C2C=CC(NC(=O)c3ccc(OCCCCCCl)c(N)c3)=CC2C(F)(F)F)CC1. The minimum absolute atomic E-state index is 0.0889. The molecule has 192 valence electrons. The van der Waals surface area contributed by atoms with E-state index in [2.05, 4.69) is 10.2 Å². The van der Waals surface area contributed by atoms with E-state index in [4.69, 9.17) is 22.1 Å². The number of allylic oxidation sites excluding steroid dienone is 4. The molecule has 1 aliphatic heterocycles. The van der Waals surface area contributed by atoms with Gasteiger partial charge in [0.2, 0.25) is 0 Å². The van der Waals surface area contributed by atoms with Crippen LogP contribution in [-0.4, -0.2) is 67.6 Å². The number of carbonyl (C=O) groups is 1. The summed E-state index contributed by atoms with van der Waals surface area (Å²) in [7, 11) is 1.99. The number of nitrogen functional groups attached to an aromatic ring is 1. The number of carbonyl (C=O) groups excluding carboxylic acids is 1. The second-order valence-corrected chi connectivity index (χ2v) is 9.13. The van der Waals surface area contributed by atoms with Crippen LogP contribution in [0.1, 0.15) is 29.6 Å². The molecule has 6 nitrogen and oxygen atoms in total. The lowest BCUT2D eigenvalue weighted by molar-refractivity contribution is -0.151. The quantitative estimate of drug-likeness (QED) is 0.288. The lowest BCUT2D eigenvalue weighted by Crippen LogP contribution is -2.42. The molecule has 1 fully saturated rings. The fourth-order valence-corrected chi connectivity index (χ4v) is 4.04. The highest BCUT2D eigenvalue weighted by molar-refractivity contribution is 6.17. The molecule has 0 spiro atoms. The Morgan fingerprint density at radius 3 is 2.60 bits per heavy atom. The molecule has 35 heavy (non-hydrogen) atoms. The zero-order chi connectivity index (χ0) is 25.4. The molecule has 1 atom stereocenters. The molecule has 1 aliphatic carbocycles. The van der Waals surface area contributed by atoms with E-state index in [0.717, 1.165) is 38.4 Å². The number of unbranched alkanes of at least 4 members (excludes halogenated alkanes) is 2. The van der Waals surface area contributed by atoms with Crippen molar-refractivity contribution in [2.45, 2.75) is 25.4 Å². The highest BCUT2D eigenvalue weighted by Gasteiger charge is 2.41. The molecule has 3 rings (SSSR count). The number of alkyl halides is 4. The van der Waals surface area contributed by atoms with E-state index >= 15 is 0 Å². The van der Waals surface area contributed by atoms with E-state index in [1.807, 2.05) is 11.9 Å². The van der Waals surface area contributed by atoms with Crippen molar-refractivity contribution < 1.29 is 22.7 Å². The zero-order valence-corrected chi connectivity index (χ0v) is 20.5. The summed E-state index contributed by atoms with van der Waals surface area (Å²) in [4.78, 5) is 16.7. The number of nitrogens with two attached hydrogens (primary N) is 1. The number of nitrogens with zero attached hydrogens (tertiary/aromatic N) is 2. The van der Waals surface area contributed by atoms with Crippen LogP contribution in [0.15, 0.2) is 53.9 Å². The molecule has 0 radical (unpaired) electrons. The maximum atomic E-state index is 13.8. The lowest BCUT2D eigenvalue weighted by Gasteiger charge is -2.33. The number of halogens is 4. The number of amides is 1. The molecule has 0 aromatic heterocycles. The monoisotopic (exact) mass is 512 g/mol. The molecule has 0 bridgehead atoms. The first-order valence-corrected chi connectivity index (χ1v) is 12.2. The Kier molecular flexibility index (Phi) is 9.51. The molecule has 0 saturated carbocycles. The number of anilines is 1. The smallest absolute Gasteiger partial charge is 0.399 e. The number of hydrogen-bond donors (Lipinski definition) is 2. The Labute approximate surface area is 209 Å². The Morgan fingerprint density at radius 2 is 1.94 bits per heavy atom. The number of likely N-dealkylation sites (N-methyl/N-ethyl adjacent to an activating group) is 1. The van der Waals surface area contributed by atoms with Gasteiger partial charge in [0.25, 0.3) is 5.91 Å². The molecule has 2 aliphatic rings. The van der Waals surface area contributed by atoms with E-state index in [1.165, 1.54) is 24.3 Å². The number of nitrogens with one attached hydrogen (secondary N) is 1. The lowest BCUT2D eigenvalue weighted by atomic mass is 9.92. The highest BCUT2D eigenvalue weighted by Crippen LogP contribution is 2.37. The van der Waals surface area contributed by atoms with E-state index in [1.54, 1.807) is 12.3 Å². The van der Waals surface area contributed by atoms with Crippen molar-refractivity contribution in [1.29, 1.82) is 0 Å². The number of hydrogen-bond acceptors (Lipinski definition) is 5. The molecular formula is C25H32ClF3N4O2. The Morgan fingerprint density at radius 1 is 1.20 bits per heavy atom. The van der Waals surface area contributed by atoms with Gasteiger partial charge in [-0.25, -0.2) is 0 Å². The largest absolute Gasteiger partial charge is 0.491 e. The Hall–Kier alpha value is -2.65. The third-order valence-electron chi connectivity index (χ3n) is 5.95. The van der Waals surface area contributed by atoms with Crippen molar-refractivity contribution in [2.75, 3.05) is 51.4 Å². The Balaban J connectivity index is 1.65. The predicted octanol–water partition coefficient (Wildman–Crippen LogP) is 4.55. The van der Waals surface area contributed by atoms with Gasteiger partial charge in [0.15, 0.2) is 0 Å². The molecule has 1 unspecified atom stereocenters. The summed E-state index contributed by atoms with van der Waals surface area (Å²) in [6.07, 6.45) is 3.73. The van der Waals surface area contributed by atoms with Crippen molar-refractivity contribution in [1.82, 2.24) is 15.1 Å². The summed E-state index contributed by atoms with van der Waals surface area (Å²) in [5.74, 6) is -1.29. The van der Waals surface area contributed by atoms with Gasteiger partial charge in [-0.1, -0.05) is 6.08 Å². The summed E-state index contributed by atoms with van der Waals surface area (Å²) in [6.45, 7) is 3.40. The zero-order valence-electron chi connectivity index (χ0n) is 19.8. The van der Waals surface area contributed by atoms with Crippen molar-refractivity contribution in [3.05, 3.63) is 59.5 Å². The van der Waals surface area contributed by atoms with Crippen LogP contribution in [0.25, 0.3) is 0 Å². The molecule has 1 saturated heterocycles. The molecule has 1 heterocycles. The number of ether oxygens (including phenoxy) is 1. The second-order valence-electron chi connectivity index (χ2n) is 8.75. The van der Waals surface area contributed by atoms with Crippen LogP contribution in [-0.2, 0) is 0 Å². The average Bonchev–Trinajstić information content (AvgIpc) is 2.81. The summed E-state index contributed by atoms with van der Waals surface area (Å²) in [5.41, 5.74) is 6.76. The summed E-state index contributed by atoms with van der Waals surface area (Å²) < 4.78 is 47.1. The summed E-state index contributed by atoms with van der Waals surface area (Å²) in [5, 5.41) is 2.56. The normalized spacial score (nSPS) is 20.1. The van der Waals surface area contributed by atoms with E-state index in [9.17, 15) is 18.0 Å². The van der Waals surface area contributed by atoms with Crippen LogP contribution >= 0.6 is 11.6 Å². The van der Waals surface area contributed by atoms with Gasteiger partial charge < -0.3 is 25.6 Å². The average molecular weight is 513 g/mol. The van der Waals surface area contributed by atoms with Crippen molar-refractivity contribution in [2.24, 2.45) is 5.92 Å². The fraction of sp³-hybridized carbons (Fsp3) is 0.480. The van der Waals surface area contributed by atoms with Gasteiger partial charge in [-0.2, -0.15) is 13.2 Å². The van der Waals surface area contributed by atoms with Crippen LogP contribution in [0.4, 0.5) is 18.9 Å². The maximum absolute atomic E-state index is 13.8. The van der Waals surface area contributed by atoms with E-state index in [0.29, 0.717) is 31.3 Å². The highest BCUT2D eigenvalue weighted by atomic mass is 35.5. The standard InChI is InChI=1S/C25H32ClF3N4O2/c1-32-10-12-33(13-11-32)17-19-5-7-20(16-21(19)25(27,28)29)31-24(34)18-6-8-23(22(30)15-18)35-14-4-2-3-9-26/h5-8,15-17,21H,2-4,9-14,30H2,1H3,(H,31,34). The van der Waals surface area contributed by atoms with Gasteiger partial charge in [-0.05, 0) is 62.2 Å². The van der Waals surface area contributed by atoms with Crippen molar-refractivity contribution >= 4 is 23.2 Å². The van der Waals surface area contributed by atoms with Gasteiger partial charge in [0.05, 0.1) is 12.3 Å². The van der Waals surface area contributed by atoms with E-state index < -0.39 is 18.0 Å². The molecule has 1 aromatic rings. The van der Waals surface area contributed by atoms with Gasteiger partial charge in [-0.15, -0.1) is 11.6 Å². The van der Waals surface area contributed by atoms with Crippen LogP contribution in [0.5, 0.6) is 5.75 Å². The number of rotatable bonds is 9. The molecular weight excluding hydrogens is 481 g/mol. The fourth-order valence-electron chi connectivity index (χ4n) is 3.85. The summed E-state index contributed by atoms with van der Waals surface area (Å²) >= 11 is 5.65. The van der Waals surface area contributed by atoms with Gasteiger partial charge >= 0.3 is 6.18 Å². The number of benzene rings is 1. The van der Waals surface area contributed by atoms with Crippen LogP contribution in [0.2, 0.25) is 0 Å². The van der Waals surface area contributed by atoms with Gasteiger partial charge in [0.1, 0.15) is 11.7 Å². The maximum Gasteiger partial charge on any atom is 0.399 e. The molecule has 1 amide bonds. The first kappa shape index (κ1) is 26.9. The van der Waals surface area contributed by atoms with Crippen molar-refractivity contribution in [3.8, 4) is 5.75 Å². The number of piperazine rings is 1. The third kappa shape index (κ3) is 7.93. The first-order chi connectivity index (χ1) is 16.7. The third-order valence-corrected chi connectivity index (χ3v) is 6.22. The van der Waals surface area contributed by atoms with Gasteiger partial charge in [0, 0.05) is 49.5 Å². The van der Waals surface area contributed by atoms with Gasteiger partial charge in [-0.3, -0.25) is 4.79 Å². The molecule has 1 aromatic carbocycles. The van der Waals surface area contributed by atoms with E-state index in [-0.39, 0.29) is 22.5 Å². The Bertz CT molecular complexity index is 970. The molecule has 3 N–H and O–H groups in total. The first-order valence-electron chi connectivity index (χ1n) is 11.7. The van der Waals surface area contributed by atoms with Crippen LogP contribution in [0, 0.1) is 5.92 Å². The minimum Gasteiger partial charge on any atom is -0.491 e. The molecule has 10 heteroatoms. The van der Waals surface area contributed by atoms with Crippen LogP contribution < -0.4 is 15.8 Å². The second kappa shape index (κ2) is 12.4. The predicted molar refractivity (Wildman–Crippen MR) is 132 cm³/mol.